The Labute approximate surface area is 171 Å². The van der Waals surface area contributed by atoms with Gasteiger partial charge in [0, 0.05) is 0 Å². The van der Waals surface area contributed by atoms with Crippen molar-refractivity contribution in [1.29, 1.82) is 0 Å². The number of ether oxygens (including phenoxy) is 5. The molecule has 0 aliphatic carbocycles. The van der Waals surface area contributed by atoms with E-state index in [4.69, 9.17) is 23.7 Å². The summed E-state index contributed by atoms with van der Waals surface area (Å²) in [5.41, 5.74) is 2.14. The summed E-state index contributed by atoms with van der Waals surface area (Å²) in [5.74, 6) is 1.64. The van der Waals surface area contributed by atoms with Gasteiger partial charge < -0.3 is 28.8 Å². The fourth-order valence-corrected chi connectivity index (χ4v) is 2.88. The largest absolute Gasteiger partial charge is 0.497 e. The van der Waals surface area contributed by atoms with Crippen molar-refractivity contribution in [3.63, 3.8) is 0 Å². The Morgan fingerprint density at radius 2 is 1.45 bits per heavy atom. The number of benzene rings is 2. The normalized spacial score (nSPS) is 19.3. The first kappa shape index (κ1) is 21.3. The van der Waals surface area contributed by atoms with Gasteiger partial charge in [-0.25, -0.2) is 0 Å². The van der Waals surface area contributed by atoms with Crippen molar-refractivity contribution >= 4 is 0 Å². The van der Waals surface area contributed by atoms with Gasteiger partial charge in [-0.2, -0.15) is 0 Å². The maximum atomic E-state index is 10.2. The Kier molecular flexibility index (Phi) is 8.07. The van der Waals surface area contributed by atoms with E-state index in [-0.39, 0.29) is 12.2 Å². The molecule has 3 atom stereocenters. The average molecular weight is 400 g/mol. The van der Waals surface area contributed by atoms with Crippen LogP contribution in [0, 0.1) is 0 Å². The minimum Gasteiger partial charge on any atom is -0.497 e. The van der Waals surface area contributed by atoms with Crippen molar-refractivity contribution in [3.05, 3.63) is 71.8 Å². The van der Waals surface area contributed by atoms with Gasteiger partial charge in [0.05, 0.1) is 40.6 Å². The highest BCUT2D eigenvalue weighted by atomic mass is 16.6. The Hall–Kier alpha value is -2.38. The molecule has 6 nitrogen and oxygen atoms in total. The molecular formula is C23H28O6. The van der Waals surface area contributed by atoms with Crippen LogP contribution in [0.25, 0.3) is 0 Å². The Balaban J connectivity index is 1.27. The van der Waals surface area contributed by atoms with Crippen molar-refractivity contribution in [3.8, 4) is 11.5 Å². The van der Waals surface area contributed by atoms with Gasteiger partial charge in [0.2, 0.25) is 0 Å². The Morgan fingerprint density at radius 3 is 2.00 bits per heavy atom. The van der Waals surface area contributed by atoms with Crippen LogP contribution in [0.5, 0.6) is 11.5 Å². The molecule has 0 aromatic heterocycles. The standard InChI is InChI=1S/C23H28O6/c1-25-19-9-5-17(6-10-19)14-27-13-3-4-21(24)23-22(29-23)16-28-15-18-7-11-20(26-2)12-8-18/h3-12,21-24H,13-16H2,1-2H3/b4-3+/t21-,22+,23-/m1/s1. The molecule has 1 N–H and O–H groups in total. The highest BCUT2D eigenvalue weighted by molar-refractivity contribution is 5.27. The summed E-state index contributed by atoms with van der Waals surface area (Å²) in [4.78, 5) is 0. The zero-order valence-electron chi connectivity index (χ0n) is 16.8. The van der Waals surface area contributed by atoms with Crippen molar-refractivity contribution in [2.24, 2.45) is 0 Å². The molecule has 0 unspecified atom stereocenters. The molecule has 29 heavy (non-hydrogen) atoms. The van der Waals surface area contributed by atoms with E-state index in [0.717, 1.165) is 22.6 Å². The predicted octanol–water partition coefficient (Wildman–Crippen LogP) is 3.12. The molecule has 0 radical (unpaired) electrons. The Bertz CT molecular complexity index is 756. The lowest BCUT2D eigenvalue weighted by Gasteiger charge is -2.05. The van der Waals surface area contributed by atoms with E-state index in [1.54, 1.807) is 20.3 Å². The molecule has 2 aromatic carbocycles. The molecule has 0 saturated carbocycles. The quantitative estimate of drug-likeness (QED) is 0.335. The second-order valence-electron chi connectivity index (χ2n) is 6.78. The number of epoxide rings is 1. The van der Waals surface area contributed by atoms with Crippen LogP contribution < -0.4 is 9.47 Å². The van der Waals surface area contributed by atoms with Crippen LogP contribution in [0.4, 0.5) is 0 Å². The summed E-state index contributed by atoms with van der Waals surface area (Å²) in [7, 11) is 3.28. The molecule has 1 fully saturated rings. The summed E-state index contributed by atoms with van der Waals surface area (Å²) in [6.07, 6.45) is 2.57. The second kappa shape index (κ2) is 11.0. The SMILES string of the molecule is COc1ccc(COC/C=C/[C@@H](O)[C@H]2O[C@H]2COCc2ccc(OC)cc2)cc1. The maximum absolute atomic E-state index is 10.2. The summed E-state index contributed by atoms with van der Waals surface area (Å²) in [6.45, 7) is 1.89. The smallest absolute Gasteiger partial charge is 0.118 e. The molecule has 1 aliphatic rings. The van der Waals surface area contributed by atoms with Gasteiger partial charge in [-0.1, -0.05) is 36.4 Å². The van der Waals surface area contributed by atoms with E-state index in [2.05, 4.69) is 0 Å². The lowest BCUT2D eigenvalue weighted by molar-refractivity contribution is 0.104. The maximum Gasteiger partial charge on any atom is 0.118 e. The van der Waals surface area contributed by atoms with Crippen LogP contribution in [0.15, 0.2) is 60.7 Å². The predicted molar refractivity (Wildman–Crippen MR) is 109 cm³/mol. The second-order valence-corrected chi connectivity index (χ2v) is 6.78. The van der Waals surface area contributed by atoms with Crippen LogP contribution in [0.2, 0.25) is 0 Å². The van der Waals surface area contributed by atoms with Crippen molar-refractivity contribution < 1.29 is 28.8 Å². The average Bonchev–Trinajstić information content (AvgIpc) is 3.54. The van der Waals surface area contributed by atoms with Crippen LogP contribution >= 0.6 is 0 Å². The zero-order valence-corrected chi connectivity index (χ0v) is 16.8. The van der Waals surface area contributed by atoms with Crippen LogP contribution in [0.3, 0.4) is 0 Å². The van der Waals surface area contributed by atoms with Crippen molar-refractivity contribution in [2.45, 2.75) is 31.5 Å². The number of methoxy groups -OCH3 is 2. The highest BCUT2D eigenvalue weighted by Gasteiger charge is 2.43. The lowest BCUT2D eigenvalue weighted by atomic mass is 10.2. The van der Waals surface area contributed by atoms with Crippen molar-refractivity contribution in [1.82, 2.24) is 0 Å². The third kappa shape index (κ3) is 6.87. The molecule has 0 amide bonds. The third-order valence-corrected chi connectivity index (χ3v) is 4.64. The highest BCUT2D eigenvalue weighted by Crippen LogP contribution is 2.27. The molecule has 1 aliphatic heterocycles. The fraction of sp³-hybridized carbons (Fsp3) is 0.391. The summed E-state index contributed by atoms with van der Waals surface area (Å²) in [6, 6.07) is 15.5. The minimum atomic E-state index is -0.658. The molecule has 1 heterocycles. The summed E-state index contributed by atoms with van der Waals surface area (Å²) in [5, 5.41) is 10.2. The number of aliphatic hydroxyl groups excluding tert-OH is 1. The Morgan fingerprint density at radius 1 is 0.897 bits per heavy atom. The number of hydrogen-bond acceptors (Lipinski definition) is 6. The van der Waals surface area contributed by atoms with Crippen LogP contribution in [0.1, 0.15) is 11.1 Å². The molecule has 156 valence electrons. The first-order valence-electron chi connectivity index (χ1n) is 9.61. The van der Waals surface area contributed by atoms with E-state index < -0.39 is 6.10 Å². The van der Waals surface area contributed by atoms with E-state index in [9.17, 15) is 5.11 Å². The van der Waals surface area contributed by atoms with Crippen LogP contribution in [-0.2, 0) is 27.4 Å². The molecule has 3 rings (SSSR count). The molecule has 2 aromatic rings. The van der Waals surface area contributed by atoms with Gasteiger partial charge >= 0.3 is 0 Å². The van der Waals surface area contributed by atoms with Crippen LogP contribution in [-0.4, -0.2) is 50.9 Å². The minimum absolute atomic E-state index is 0.0758. The van der Waals surface area contributed by atoms with Gasteiger partial charge in [-0.15, -0.1) is 0 Å². The van der Waals surface area contributed by atoms with Gasteiger partial charge in [-0.05, 0) is 35.4 Å². The third-order valence-electron chi connectivity index (χ3n) is 4.64. The van der Waals surface area contributed by atoms with Gasteiger partial charge in [0.15, 0.2) is 0 Å². The topological polar surface area (TPSA) is 69.7 Å². The summed E-state index contributed by atoms with van der Waals surface area (Å²) < 4.78 is 27.0. The molecule has 0 spiro atoms. The molecular weight excluding hydrogens is 372 g/mol. The number of rotatable bonds is 12. The zero-order chi connectivity index (χ0) is 20.5. The monoisotopic (exact) mass is 400 g/mol. The molecule has 6 heteroatoms. The molecule has 1 saturated heterocycles. The van der Waals surface area contributed by atoms with E-state index in [0.29, 0.717) is 26.4 Å². The fourth-order valence-electron chi connectivity index (χ4n) is 2.88. The molecule has 0 bridgehead atoms. The van der Waals surface area contributed by atoms with E-state index >= 15 is 0 Å². The van der Waals surface area contributed by atoms with E-state index in [1.807, 2.05) is 54.6 Å². The first-order valence-corrected chi connectivity index (χ1v) is 9.61. The van der Waals surface area contributed by atoms with Gasteiger partial charge in [0.25, 0.3) is 0 Å². The van der Waals surface area contributed by atoms with Gasteiger partial charge in [-0.3, -0.25) is 0 Å². The van der Waals surface area contributed by atoms with Crippen molar-refractivity contribution in [2.75, 3.05) is 27.4 Å². The van der Waals surface area contributed by atoms with E-state index in [1.165, 1.54) is 0 Å². The lowest BCUT2D eigenvalue weighted by Crippen LogP contribution is -2.16. The first-order chi connectivity index (χ1) is 14.2. The number of aliphatic hydroxyl groups is 1. The summed E-state index contributed by atoms with van der Waals surface area (Å²) >= 11 is 0. The van der Waals surface area contributed by atoms with Gasteiger partial charge in [0.1, 0.15) is 29.8 Å². The number of hydrogen-bond donors (Lipinski definition) is 1.